The van der Waals surface area contributed by atoms with Crippen molar-refractivity contribution in [2.24, 2.45) is 10.9 Å². The van der Waals surface area contributed by atoms with Crippen LogP contribution in [0.4, 0.5) is 0 Å². The number of carbonyl (C=O) groups is 6. The lowest BCUT2D eigenvalue weighted by atomic mass is 10.0. The van der Waals surface area contributed by atoms with Gasteiger partial charge in [-0.15, -0.1) is 0 Å². The van der Waals surface area contributed by atoms with Gasteiger partial charge in [0.2, 0.25) is 0 Å². The molecule has 6 aromatic rings. The largest absolute Gasteiger partial charge is 0.496 e. The lowest BCUT2D eigenvalue weighted by Crippen LogP contribution is -2.30. The third-order valence-electron chi connectivity index (χ3n) is 18.0. The van der Waals surface area contributed by atoms with Gasteiger partial charge in [-0.1, -0.05) is 106 Å². The monoisotopic (exact) mass is 1370 g/mol. The summed E-state index contributed by atoms with van der Waals surface area (Å²) in [4.78, 5) is 91.0. The van der Waals surface area contributed by atoms with E-state index < -0.39 is 0 Å². The Morgan fingerprint density at radius 2 is 0.980 bits per heavy atom. The average molecular weight is 1370 g/mol. The molecule has 17 heteroatoms. The summed E-state index contributed by atoms with van der Waals surface area (Å²) >= 11 is 11.9. The molecule has 8 heterocycles. The number of rotatable bonds is 11. The smallest absolute Gasteiger partial charge is 0.256 e. The number of pyridine rings is 1. The number of ether oxygens (including phenoxy) is 1. The first-order chi connectivity index (χ1) is 46.6. The van der Waals surface area contributed by atoms with Crippen molar-refractivity contribution in [3.05, 3.63) is 209 Å². The van der Waals surface area contributed by atoms with E-state index in [4.69, 9.17) is 27.9 Å². The normalized spacial score (nSPS) is 14.9. The molecule has 0 N–H and O–H groups in total. The van der Waals surface area contributed by atoms with Gasteiger partial charge in [0, 0.05) is 136 Å². The third kappa shape index (κ3) is 18.8. The molecule has 6 amide bonds. The van der Waals surface area contributed by atoms with E-state index in [0.29, 0.717) is 48.7 Å². The van der Waals surface area contributed by atoms with Crippen LogP contribution in [0, 0.1) is 17.8 Å². The SMILES string of the molecule is CC(C)C1=CCN=C1.CC(C)N1Cc2c(Cl)cccc2C1=O.CC(C)N1Cc2ccc(Cl)cc2C1=O.CC(C)N1Cc2ncccc2C1=O.CCC#Cc1ccc2c(c1)CN(C(C)C)C2=O.CCCCc1ccc2c(c1)CN(C(C)C)C2=O.COc1cccc2c1CN(C(C)C)C2=O. The molecule has 0 saturated heterocycles. The van der Waals surface area contributed by atoms with E-state index >= 15 is 0 Å². The fraction of sp³-hybridized carbons (Fsp3) is 0.432. The van der Waals surface area contributed by atoms with E-state index in [-0.39, 0.29) is 71.7 Å². The number of fused-ring (bicyclic) bond motifs is 6. The molecule has 0 saturated carbocycles. The molecule has 7 aliphatic rings. The highest BCUT2D eigenvalue weighted by Crippen LogP contribution is 2.34. The Labute approximate surface area is 592 Å². The zero-order valence-corrected chi connectivity index (χ0v) is 62.1. The van der Waals surface area contributed by atoms with E-state index in [1.165, 1.54) is 29.5 Å². The van der Waals surface area contributed by atoms with Crippen molar-refractivity contribution in [2.75, 3.05) is 13.7 Å². The second-order valence-corrected chi connectivity index (χ2v) is 28.0. The number of carbonyl (C=O) groups excluding carboxylic acids is 6. The summed E-state index contributed by atoms with van der Waals surface area (Å²) < 4.78 is 5.25. The third-order valence-corrected chi connectivity index (χ3v) is 18.6. The molecule has 0 unspecified atom stereocenters. The fourth-order valence-electron chi connectivity index (χ4n) is 12.1. The number of hydrogen-bond donors (Lipinski definition) is 0. The number of halogens is 2. The number of unbranched alkanes of at least 4 members (excludes halogenated alkanes) is 1. The molecule has 0 aliphatic carbocycles. The van der Waals surface area contributed by atoms with Crippen LogP contribution in [-0.4, -0.2) is 126 Å². The van der Waals surface area contributed by atoms with Crippen molar-refractivity contribution in [1.29, 1.82) is 0 Å². The minimum atomic E-state index is 0.0949. The van der Waals surface area contributed by atoms with Gasteiger partial charge >= 0.3 is 0 Å². The lowest BCUT2D eigenvalue weighted by Gasteiger charge is -2.19. The minimum Gasteiger partial charge on any atom is -0.496 e. The first kappa shape index (κ1) is 76.8. The molecule has 5 aromatic carbocycles. The molecular formula is C81H100Cl2N8O7. The number of methoxy groups -OCH3 is 1. The Bertz CT molecular complexity index is 3980. The highest BCUT2D eigenvalue weighted by Gasteiger charge is 2.35. The van der Waals surface area contributed by atoms with Gasteiger partial charge in [-0.25, -0.2) is 0 Å². The van der Waals surface area contributed by atoms with Gasteiger partial charge in [0.25, 0.3) is 35.4 Å². The molecule has 0 spiro atoms. The van der Waals surface area contributed by atoms with Crippen LogP contribution in [0.25, 0.3) is 0 Å². The van der Waals surface area contributed by atoms with Crippen molar-refractivity contribution in [3.63, 3.8) is 0 Å². The first-order valence-corrected chi connectivity index (χ1v) is 35.3. The molecule has 520 valence electrons. The predicted molar refractivity (Wildman–Crippen MR) is 395 cm³/mol. The van der Waals surface area contributed by atoms with Crippen molar-refractivity contribution in [2.45, 2.75) is 212 Å². The van der Waals surface area contributed by atoms with Gasteiger partial charge in [0.1, 0.15) is 5.75 Å². The Kier molecular flexibility index (Phi) is 27.6. The predicted octanol–water partition coefficient (Wildman–Crippen LogP) is 16.8. The highest BCUT2D eigenvalue weighted by atomic mass is 35.5. The Balaban J connectivity index is 0.000000162. The minimum absolute atomic E-state index is 0.0949. The maximum Gasteiger partial charge on any atom is 0.256 e. The second-order valence-electron chi connectivity index (χ2n) is 27.2. The van der Waals surface area contributed by atoms with Gasteiger partial charge in [-0.2, -0.15) is 0 Å². The number of aliphatic imine (C=N–C) groups is 1. The first-order valence-electron chi connectivity index (χ1n) is 34.6. The van der Waals surface area contributed by atoms with Crippen LogP contribution < -0.4 is 4.74 Å². The van der Waals surface area contributed by atoms with Crippen molar-refractivity contribution < 1.29 is 33.5 Å². The lowest BCUT2D eigenvalue weighted by molar-refractivity contribution is 0.0722. The van der Waals surface area contributed by atoms with E-state index in [2.05, 4.69) is 74.6 Å². The summed E-state index contributed by atoms with van der Waals surface area (Å²) in [5.41, 5.74) is 14.8. The zero-order chi connectivity index (χ0) is 71.8. The molecule has 13 rings (SSSR count). The molecule has 0 atom stereocenters. The highest BCUT2D eigenvalue weighted by molar-refractivity contribution is 6.32. The van der Waals surface area contributed by atoms with Gasteiger partial charge < -0.3 is 34.1 Å². The summed E-state index contributed by atoms with van der Waals surface area (Å²) in [7, 11) is 1.64. The number of benzene rings is 5. The number of aryl methyl sites for hydroxylation is 1. The van der Waals surface area contributed by atoms with E-state index in [0.717, 1.165) is 98.6 Å². The van der Waals surface area contributed by atoms with Crippen LogP contribution in [0.15, 0.2) is 126 Å². The van der Waals surface area contributed by atoms with E-state index in [1.807, 2.05) is 191 Å². The maximum absolute atomic E-state index is 12.1. The number of nitrogens with zero attached hydrogens (tertiary/aromatic N) is 8. The zero-order valence-electron chi connectivity index (χ0n) is 60.6. The number of hydrogen-bond acceptors (Lipinski definition) is 9. The van der Waals surface area contributed by atoms with Gasteiger partial charge in [0.05, 0.1) is 38.0 Å². The van der Waals surface area contributed by atoms with Crippen molar-refractivity contribution >= 4 is 64.9 Å². The molecule has 0 radical (unpaired) electrons. The fourth-order valence-corrected chi connectivity index (χ4v) is 12.5. The summed E-state index contributed by atoms with van der Waals surface area (Å²) in [6.07, 6.45) is 10.3. The van der Waals surface area contributed by atoms with Crippen molar-refractivity contribution in [1.82, 2.24) is 34.4 Å². The van der Waals surface area contributed by atoms with Crippen LogP contribution >= 0.6 is 23.2 Å². The van der Waals surface area contributed by atoms with Crippen LogP contribution in [0.3, 0.4) is 0 Å². The molecule has 0 bridgehead atoms. The molecule has 1 aromatic heterocycles. The summed E-state index contributed by atoms with van der Waals surface area (Å²) in [5, 5.41) is 1.32. The van der Waals surface area contributed by atoms with Crippen molar-refractivity contribution in [3.8, 4) is 17.6 Å². The Hall–Kier alpha value is -8.58. The number of aromatic nitrogens is 1. The van der Waals surface area contributed by atoms with Crippen LogP contribution in [0.1, 0.15) is 237 Å². The van der Waals surface area contributed by atoms with Crippen LogP contribution in [0.2, 0.25) is 10.0 Å². The quantitative estimate of drug-likeness (QED) is 0.116. The Morgan fingerprint density at radius 1 is 0.490 bits per heavy atom. The summed E-state index contributed by atoms with van der Waals surface area (Å²) in [6.45, 7) is 38.1. The number of allylic oxidation sites excluding steroid dienone is 1. The van der Waals surface area contributed by atoms with Crippen LogP contribution in [-0.2, 0) is 45.7 Å². The maximum atomic E-state index is 12.1. The van der Waals surface area contributed by atoms with Gasteiger partial charge in [-0.3, -0.25) is 38.7 Å². The van der Waals surface area contributed by atoms with E-state index in [1.54, 1.807) is 25.4 Å². The second kappa shape index (κ2) is 35.3. The standard InChI is InChI=1S/C15H21NO.C15H17NO.C12H15NO2.2C11H12ClNO.C10H12N2O.C7H11N/c2*1-4-5-6-12-7-8-14-13(9-12)10-16(11(2)3)15(14)17;1-8(2)13-7-10-9(12(13)14)5-4-6-11(10)15-3;1-7(2)13-6-8-3-4-9(12)5-10(8)11(13)14;1-7(2)13-6-9-8(11(13)14)4-3-5-10(9)12;1-7(2)12-6-9-8(10(12)13)4-3-5-11-9;1-6(2)7-3-4-8-5-7/h7-9,11H,4-6,10H2,1-3H3;7-9,11H,4,10H2,1-3H3;4-6,8H,7H2,1-3H3;2*3-5,7H,6H2,1-2H3;3-5,7H,6H2,1-2H3;3,5-6H,4H2,1-2H3. The van der Waals surface area contributed by atoms with Gasteiger partial charge in [0.15, 0.2) is 0 Å². The molecule has 7 aliphatic heterocycles. The molecule has 0 fully saturated rings. The van der Waals surface area contributed by atoms with Crippen LogP contribution in [0.5, 0.6) is 5.75 Å². The van der Waals surface area contributed by atoms with Gasteiger partial charge in [-0.05, 0) is 202 Å². The Morgan fingerprint density at radius 3 is 1.49 bits per heavy atom. The van der Waals surface area contributed by atoms with E-state index in [9.17, 15) is 28.8 Å². The topological polar surface area (TPSA) is 156 Å². The summed E-state index contributed by atoms with van der Waals surface area (Å²) in [6, 6.07) is 34.0. The molecule has 15 nitrogen and oxygen atoms in total. The molecular weight excluding hydrogens is 1270 g/mol. The summed E-state index contributed by atoms with van der Waals surface area (Å²) in [5.74, 6) is 8.36. The number of amides is 6. The average Bonchev–Trinajstić information content (AvgIpc) is 1.68. The molecule has 98 heavy (non-hydrogen) atoms.